The zero-order valence-electron chi connectivity index (χ0n) is 14.9. The standard InChI is InChI=1S/C19H32O2/c1-8-19(21-18(7)20)17(6)16(5)13-12-15(4)11-9-10-14(2)3/h10,12,16H,8-9,11,13H2,1-7H3/b15-12+,19-17?. The Kier molecular flexibility index (Phi) is 9.77. The van der Waals surface area contributed by atoms with Crippen LogP contribution in [0.25, 0.3) is 0 Å². The van der Waals surface area contributed by atoms with Crippen molar-refractivity contribution in [1.82, 2.24) is 0 Å². The summed E-state index contributed by atoms with van der Waals surface area (Å²) in [5.41, 5.74) is 3.99. The molecule has 0 N–H and O–H groups in total. The molecule has 120 valence electrons. The van der Waals surface area contributed by atoms with Crippen LogP contribution in [0.1, 0.15) is 74.1 Å². The van der Waals surface area contributed by atoms with E-state index in [1.165, 1.54) is 23.6 Å². The molecular weight excluding hydrogens is 260 g/mol. The predicted molar refractivity (Wildman–Crippen MR) is 91.0 cm³/mol. The number of carbonyl (C=O) groups is 1. The normalized spacial score (nSPS) is 14.3. The summed E-state index contributed by atoms with van der Waals surface area (Å²) < 4.78 is 5.29. The fraction of sp³-hybridized carbons (Fsp3) is 0.632. The van der Waals surface area contributed by atoms with Crippen molar-refractivity contribution in [3.05, 3.63) is 34.6 Å². The molecule has 0 aliphatic rings. The van der Waals surface area contributed by atoms with Crippen LogP contribution in [0.5, 0.6) is 0 Å². The van der Waals surface area contributed by atoms with Gasteiger partial charge < -0.3 is 4.74 Å². The zero-order valence-corrected chi connectivity index (χ0v) is 14.9. The van der Waals surface area contributed by atoms with E-state index in [1.54, 1.807) is 0 Å². The summed E-state index contributed by atoms with van der Waals surface area (Å²) in [6.45, 7) is 14.2. The van der Waals surface area contributed by atoms with E-state index in [-0.39, 0.29) is 5.97 Å². The quantitative estimate of drug-likeness (QED) is 0.314. The van der Waals surface area contributed by atoms with Gasteiger partial charge in [0.1, 0.15) is 5.76 Å². The summed E-state index contributed by atoms with van der Waals surface area (Å²) in [4.78, 5) is 11.1. The Balaban J connectivity index is 4.58. The van der Waals surface area contributed by atoms with Crippen molar-refractivity contribution >= 4 is 5.97 Å². The zero-order chi connectivity index (χ0) is 16.4. The maximum atomic E-state index is 11.1. The molecule has 0 spiro atoms. The molecule has 0 fully saturated rings. The van der Waals surface area contributed by atoms with Crippen LogP contribution in [-0.2, 0) is 9.53 Å². The molecule has 0 aliphatic heterocycles. The summed E-state index contributed by atoms with van der Waals surface area (Å²) in [5.74, 6) is 0.996. The SMILES string of the molecule is CCC(OC(C)=O)=C(C)C(C)C/C=C(\C)CCC=C(C)C. The van der Waals surface area contributed by atoms with Crippen molar-refractivity contribution in [3.8, 4) is 0 Å². The highest BCUT2D eigenvalue weighted by atomic mass is 16.5. The third kappa shape index (κ3) is 9.28. The largest absolute Gasteiger partial charge is 0.431 e. The first-order valence-electron chi connectivity index (χ1n) is 7.94. The number of ether oxygens (including phenoxy) is 1. The molecular formula is C19H32O2. The lowest BCUT2D eigenvalue weighted by Crippen LogP contribution is -2.05. The Labute approximate surface area is 131 Å². The Bertz CT molecular complexity index is 421. The smallest absolute Gasteiger partial charge is 0.307 e. The molecule has 2 heteroatoms. The second kappa shape index (κ2) is 10.4. The Morgan fingerprint density at radius 2 is 1.71 bits per heavy atom. The van der Waals surface area contributed by atoms with Crippen LogP contribution in [-0.4, -0.2) is 5.97 Å². The molecule has 0 radical (unpaired) electrons. The molecule has 21 heavy (non-hydrogen) atoms. The van der Waals surface area contributed by atoms with Gasteiger partial charge in [-0.1, -0.05) is 37.1 Å². The van der Waals surface area contributed by atoms with Gasteiger partial charge in [0.25, 0.3) is 0 Å². The fourth-order valence-electron chi connectivity index (χ4n) is 2.13. The minimum Gasteiger partial charge on any atom is -0.431 e. The number of hydrogen-bond acceptors (Lipinski definition) is 2. The molecule has 0 aliphatic carbocycles. The molecule has 0 aromatic rings. The molecule has 0 heterocycles. The van der Waals surface area contributed by atoms with Gasteiger partial charge in [-0.3, -0.25) is 4.79 Å². The number of carbonyl (C=O) groups excluding carboxylic acids is 1. The molecule has 0 saturated carbocycles. The van der Waals surface area contributed by atoms with E-state index >= 15 is 0 Å². The van der Waals surface area contributed by atoms with Gasteiger partial charge >= 0.3 is 5.97 Å². The van der Waals surface area contributed by atoms with Crippen LogP contribution in [0.3, 0.4) is 0 Å². The van der Waals surface area contributed by atoms with E-state index in [4.69, 9.17) is 4.74 Å². The second-order valence-electron chi connectivity index (χ2n) is 6.06. The minimum atomic E-state index is -0.230. The summed E-state index contributed by atoms with van der Waals surface area (Å²) in [6, 6.07) is 0. The monoisotopic (exact) mass is 292 g/mol. The number of rotatable bonds is 8. The first-order valence-corrected chi connectivity index (χ1v) is 7.94. The van der Waals surface area contributed by atoms with Crippen molar-refractivity contribution < 1.29 is 9.53 Å². The second-order valence-corrected chi connectivity index (χ2v) is 6.06. The summed E-state index contributed by atoms with van der Waals surface area (Å²) in [5, 5.41) is 0. The molecule has 0 aromatic carbocycles. The Morgan fingerprint density at radius 3 is 2.19 bits per heavy atom. The number of esters is 1. The summed E-state index contributed by atoms with van der Waals surface area (Å²) in [6.07, 6.45) is 8.58. The average Bonchev–Trinajstić information content (AvgIpc) is 2.40. The number of hydrogen-bond donors (Lipinski definition) is 0. The fourth-order valence-corrected chi connectivity index (χ4v) is 2.13. The molecule has 0 bridgehead atoms. The van der Waals surface area contributed by atoms with Gasteiger partial charge in [0.2, 0.25) is 0 Å². The van der Waals surface area contributed by atoms with Crippen LogP contribution in [0.15, 0.2) is 34.6 Å². The third-order valence-electron chi connectivity index (χ3n) is 3.68. The van der Waals surface area contributed by atoms with Gasteiger partial charge in [-0.2, -0.15) is 0 Å². The van der Waals surface area contributed by atoms with Gasteiger partial charge in [-0.05, 0) is 58.4 Å². The molecule has 0 amide bonds. The highest BCUT2D eigenvalue weighted by Gasteiger charge is 2.11. The highest BCUT2D eigenvalue weighted by molar-refractivity contribution is 5.67. The van der Waals surface area contributed by atoms with E-state index in [9.17, 15) is 4.79 Å². The van der Waals surface area contributed by atoms with Crippen LogP contribution < -0.4 is 0 Å². The van der Waals surface area contributed by atoms with Gasteiger partial charge in [-0.25, -0.2) is 0 Å². The number of allylic oxidation sites excluding steroid dienone is 6. The Hall–Kier alpha value is -1.31. The summed E-state index contributed by atoms with van der Waals surface area (Å²) in [7, 11) is 0. The van der Waals surface area contributed by atoms with Gasteiger partial charge in [0.05, 0.1) is 0 Å². The van der Waals surface area contributed by atoms with Crippen molar-refractivity contribution in [1.29, 1.82) is 0 Å². The average molecular weight is 292 g/mol. The molecule has 2 nitrogen and oxygen atoms in total. The maximum absolute atomic E-state index is 11.1. The van der Waals surface area contributed by atoms with Crippen molar-refractivity contribution in [2.24, 2.45) is 5.92 Å². The molecule has 1 unspecified atom stereocenters. The van der Waals surface area contributed by atoms with Crippen LogP contribution >= 0.6 is 0 Å². The van der Waals surface area contributed by atoms with E-state index in [0.29, 0.717) is 5.92 Å². The molecule has 0 saturated heterocycles. The van der Waals surface area contributed by atoms with Crippen LogP contribution in [0, 0.1) is 5.92 Å². The molecule has 0 rings (SSSR count). The highest BCUT2D eigenvalue weighted by Crippen LogP contribution is 2.22. The van der Waals surface area contributed by atoms with Crippen molar-refractivity contribution in [2.75, 3.05) is 0 Å². The predicted octanol–water partition coefficient (Wildman–Crippen LogP) is 5.95. The van der Waals surface area contributed by atoms with Crippen molar-refractivity contribution in [3.63, 3.8) is 0 Å². The van der Waals surface area contributed by atoms with Gasteiger partial charge in [0, 0.05) is 13.3 Å². The van der Waals surface area contributed by atoms with Gasteiger partial charge in [-0.15, -0.1) is 0 Å². The van der Waals surface area contributed by atoms with Crippen molar-refractivity contribution in [2.45, 2.75) is 74.1 Å². The summed E-state index contributed by atoms with van der Waals surface area (Å²) >= 11 is 0. The third-order valence-corrected chi connectivity index (χ3v) is 3.68. The van der Waals surface area contributed by atoms with E-state index in [0.717, 1.165) is 31.4 Å². The maximum Gasteiger partial charge on any atom is 0.307 e. The van der Waals surface area contributed by atoms with Crippen LogP contribution in [0.4, 0.5) is 0 Å². The lowest BCUT2D eigenvalue weighted by atomic mass is 9.95. The topological polar surface area (TPSA) is 26.3 Å². The molecule has 1 atom stereocenters. The Morgan fingerprint density at radius 1 is 1.10 bits per heavy atom. The van der Waals surface area contributed by atoms with E-state index in [1.807, 2.05) is 6.92 Å². The lowest BCUT2D eigenvalue weighted by Gasteiger charge is -2.15. The minimum absolute atomic E-state index is 0.230. The lowest BCUT2D eigenvalue weighted by molar-refractivity contribution is -0.137. The first kappa shape index (κ1) is 19.7. The van der Waals surface area contributed by atoms with Gasteiger partial charge in [0.15, 0.2) is 0 Å². The molecule has 0 aromatic heterocycles. The first-order chi connectivity index (χ1) is 9.77. The van der Waals surface area contributed by atoms with Crippen LogP contribution in [0.2, 0.25) is 0 Å². The van der Waals surface area contributed by atoms with E-state index < -0.39 is 0 Å². The van der Waals surface area contributed by atoms with E-state index in [2.05, 4.69) is 46.8 Å².